The minimum absolute atomic E-state index is 0.0171. The molecular formula is C20H19N3O6S2. The van der Waals surface area contributed by atoms with E-state index in [1.165, 1.54) is 48.4 Å². The van der Waals surface area contributed by atoms with Gasteiger partial charge in [0.15, 0.2) is 5.17 Å². The number of rotatable bonds is 8. The van der Waals surface area contributed by atoms with Gasteiger partial charge in [-0.25, -0.2) is 0 Å². The summed E-state index contributed by atoms with van der Waals surface area (Å²) < 4.78 is 34.3. The fourth-order valence-electron chi connectivity index (χ4n) is 2.77. The van der Waals surface area contributed by atoms with Crippen LogP contribution in [0.4, 0.5) is 5.69 Å². The summed E-state index contributed by atoms with van der Waals surface area (Å²) in [5.74, 6) is -0.422. The largest absolute Gasteiger partial charge is 0.385 e. The van der Waals surface area contributed by atoms with E-state index in [-0.39, 0.29) is 27.2 Å². The number of nitrogens with zero attached hydrogens (tertiary/aromatic N) is 3. The maximum atomic E-state index is 12.9. The standard InChI is InChI=1S/C20H19N3O6S2/c1-29-12-6-11-22-19(24)18(14-15-7-5-8-16(13-15)23(25)26)30-20(22)21-31(27,28)17-9-3-2-4-10-17/h2-5,7-10,13-14H,6,11-12H2,1H3/b18-14-,21-20+. The number of methoxy groups -OCH3 is 1. The van der Waals surface area contributed by atoms with E-state index in [1.54, 1.807) is 24.3 Å². The average Bonchev–Trinajstić information content (AvgIpc) is 3.03. The van der Waals surface area contributed by atoms with E-state index < -0.39 is 20.9 Å². The topological polar surface area (TPSA) is 119 Å². The van der Waals surface area contributed by atoms with E-state index >= 15 is 0 Å². The predicted molar refractivity (Wildman–Crippen MR) is 118 cm³/mol. The molecule has 3 rings (SSSR count). The Kier molecular flexibility index (Phi) is 7.21. The molecule has 9 nitrogen and oxygen atoms in total. The van der Waals surface area contributed by atoms with Crippen molar-refractivity contribution in [3.8, 4) is 0 Å². The Morgan fingerprint density at radius 2 is 1.94 bits per heavy atom. The van der Waals surface area contributed by atoms with Crippen LogP contribution in [0.3, 0.4) is 0 Å². The molecule has 1 saturated heterocycles. The molecule has 0 aliphatic carbocycles. The van der Waals surface area contributed by atoms with E-state index in [2.05, 4.69) is 4.40 Å². The van der Waals surface area contributed by atoms with Gasteiger partial charge in [-0.05, 0) is 42.0 Å². The van der Waals surface area contributed by atoms with Gasteiger partial charge in [-0.2, -0.15) is 8.42 Å². The minimum atomic E-state index is -4.02. The second kappa shape index (κ2) is 9.86. The number of hydrogen-bond donors (Lipinski definition) is 0. The molecule has 0 atom stereocenters. The first-order valence-corrected chi connectivity index (χ1v) is 11.4. The number of ether oxygens (including phenoxy) is 1. The molecule has 1 aliphatic heterocycles. The second-order valence-electron chi connectivity index (χ2n) is 6.43. The molecule has 1 heterocycles. The second-order valence-corrected chi connectivity index (χ2v) is 9.04. The van der Waals surface area contributed by atoms with Gasteiger partial charge >= 0.3 is 0 Å². The summed E-state index contributed by atoms with van der Waals surface area (Å²) in [7, 11) is -2.49. The molecule has 11 heteroatoms. The Labute approximate surface area is 183 Å². The SMILES string of the molecule is COCCCN1C(=O)/C(=C/c2cccc([N+](=O)[O-])c2)S/C1=N/S(=O)(=O)c1ccccc1. The third kappa shape index (κ3) is 5.57. The van der Waals surface area contributed by atoms with Gasteiger partial charge in [-0.3, -0.25) is 19.8 Å². The summed E-state index contributed by atoms with van der Waals surface area (Å²) in [6.45, 7) is 0.603. The van der Waals surface area contributed by atoms with E-state index in [1.807, 2.05) is 0 Å². The molecule has 0 radical (unpaired) electrons. The average molecular weight is 462 g/mol. The molecular weight excluding hydrogens is 442 g/mol. The number of thioether (sulfide) groups is 1. The predicted octanol–water partition coefficient (Wildman–Crippen LogP) is 3.29. The highest BCUT2D eigenvalue weighted by atomic mass is 32.2. The van der Waals surface area contributed by atoms with Crippen LogP contribution in [0.25, 0.3) is 6.08 Å². The normalized spacial score (nSPS) is 16.9. The number of benzene rings is 2. The Hall–Kier alpha value is -3.02. The van der Waals surface area contributed by atoms with Crippen LogP contribution in [-0.4, -0.2) is 49.6 Å². The van der Waals surface area contributed by atoms with Crippen LogP contribution in [0.2, 0.25) is 0 Å². The lowest BCUT2D eigenvalue weighted by atomic mass is 10.2. The molecule has 2 aromatic rings. The zero-order valence-electron chi connectivity index (χ0n) is 16.5. The number of carbonyl (C=O) groups is 1. The van der Waals surface area contributed by atoms with Crippen LogP contribution >= 0.6 is 11.8 Å². The summed E-state index contributed by atoms with van der Waals surface area (Å²) in [5, 5.41) is 11.0. The van der Waals surface area contributed by atoms with E-state index in [0.717, 1.165) is 11.8 Å². The molecule has 31 heavy (non-hydrogen) atoms. The van der Waals surface area contributed by atoms with Crippen molar-refractivity contribution in [2.45, 2.75) is 11.3 Å². The summed E-state index contributed by atoms with van der Waals surface area (Å²) in [6, 6.07) is 13.5. The van der Waals surface area contributed by atoms with Crippen molar-refractivity contribution in [2.75, 3.05) is 20.3 Å². The number of non-ortho nitro benzene ring substituents is 1. The van der Waals surface area contributed by atoms with Gasteiger partial charge in [-0.15, -0.1) is 4.40 Å². The number of amides is 1. The number of carbonyl (C=O) groups excluding carboxylic acids is 1. The third-order valence-corrected chi connectivity index (χ3v) is 6.64. The highest BCUT2D eigenvalue weighted by Gasteiger charge is 2.34. The Bertz CT molecular complexity index is 1150. The molecule has 1 fully saturated rings. The third-order valence-electron chi connectivity index (χ3n) is 4.24. The lowest BCUT2D eigenvalue weighted by Crippen LogP contribution is -2.31. The van der Waals surface area contributed by atoms with Gasteiger partial charge in [-0.1, -0.05) is 30.3 Å². The van der Waals surface area contributed by atoms with E-state index in [9.17, 15) is 23.3 Å². The zero-order valence-corrected chi connectivity index (χ0v) is 18.1. The number of sulfonamides is 1. The number of nitro groups is 1. The molecule has 0 saturated carbocycles. The quantitative estimate of drug-likeness (QED) is 0.256. The Balaban J connectivity index is 1.97. The monoisotopic (exact) mass is 461 g/mol. The van der Waals surface area contributed by atoms with Gasteiger partial charge in [0.2, 0.25) is 0 Å². The molecule has 0 aromatic heterocycles. The van der Waals surface area contributed by atoms with Crippen molar-refractivity contribution in [1.82, 2.24) is 4.90 Å². The Morgan fingerprint density at radius 3 is 2.61 bits per heavy atom. The van der Waals surface area contributed by atoms with Crippen LogP contribution in [0, 0.1) is 10.1 Å². The molecule has 1 aliphatic rings. The smallest absolute Gasteiger partial charge is 0.284 e. The molecule has 1 amide bonds. The number of hydrogen-bond acceptors (Lipinski definition) is 7. The van der Waals surface area contributed by atoms with Gasteiger partial charge < -0.3 is 4.74 Å². The summed E-state index contributed by atoms with van der Waals surface area (Å²) in [6.07, 6.45) is 1.97. The van der Waals surface area contributed by atoms with Gasteiger partial charge in [0, 0.05) is 32.4 Å². The van der Waals surface area contributed by atoms with Crippen molar-refractivity contribution in [1.29, 1.82) is 0 Å². The van der Waals surface area contributed by atoms with Crippen LogP contribution in [0.5, 0.6) is 0 Å². The maximum absolute atomic E-state index is 12.9. The summed E-state index contributed by atoms with van der Waals surface area (Å²) in [4.78, 5) is 24.9. The number of amidine groups is 1. The van der Waals surface area contributed by atoms with Gasteiger partial charge in [0.1, 0.15) is 0 Å². The lowest BCUT2D eigenvalue weighted by Gasteiger charge is -2.15. The molecule has 2 aromatic carbocycles. The zero-order chi connectivity index (χ0) is 22.4. The fourth-order valence-corrected chi connectivity index (χ4v) is 5.00. The van der Waals surface area contributed by atoms with Crippen LogP contribution in [-0.2, 0) is 19.6 Å². The van der Waals surface area contributed by atoms with Crippen LogP contribution in [0.15, 0.2) is 68.8 Å². The van der Waals surface area contributed by atoms with Gasteiger partial charge in [0.25, 0.3) is 21.6 Å². The summed E-state index contributed by atoms with van der Waals surface area (Å²) >= 11 is 0.913. The van der Waals surface area contributed by atoms with Crippen molar-refractivity contribution < 1.29 is 22.9 Å². The first-order valence-electron chi connectivity index (χ1n) is 9.16. The molecule has 0 spiro atoms. The molecule has 0 bridgehead atoms. The summed E-state index contributed by atoms with van der Waals surface area (Å²) in [5.41, 5.74) is 0.344. The first-order chi connectivity index (χ1) is 14.8. The van der Waals surface area contributed by atoms with Crippen molar-refractivity contribution in [2.24, 2.45) is 4.40 Å². The maximum Gasteiger partial charge on any atom is 0.284 e. The van der Waals surface area contributed by atoms with E-state index in [0.29, 0.717) is 18.6 Å². The van der Waals surface area contributed by atoms with Crippen molar-refractivity contribution >= 4 is 44.6 Å². The first kappa shape index (κ1) is 22.7. The highest BCUT2D eigenvalue weighted by molar-refractivity contribution is 8.19. The van der Waals surface area contributed by atoms with E-state index in [4.69, 9.17) is 4.74 Å². The Morgan fingerprint density at radius 1 is 1.19 bits per heavy atom. The molecule has 162 valence electrons. The van der Waals surface area contributed by atoms with Crippen LogP contribution in [0.1, 0.15) is 12.0 Å². The minimum Gasteiger partial charge on any atom is -0.385 e. The van der Waals surface area contributed by atoms with Crippen molar-refractivity contribution in [3.63, 3.8) is 0 Å². The van der Waals surface area contributed by atoms with Gasteiger partial charge in [0.05, 0.1) is 14.7 Å². The molecule has 0 unspecified atom stereocenters. The molecule has 0 N–H and O–H groups in total. The van der Waals surface area contributed by atoms with Crippen LogP contribution < -0.4 is 0 Å². The highest BCUT2D eigenvalue weighted by Crippen LogP contribution is 2.34. The van der Waals surface area contributed by atoms with Crippen molar-refractivity contribution in [3.05, 3.63) is 75.2 Å². The number of nitro benzene ring substituents is 1. The fraction of sp³-hybridized carbons (Fsp3) is 0.200. The lowest BCUT2D eigenvalue weighted by molar-refractivity contribution is -0.384.